The summed E-state index contributed by atoms with van der Waals surface area (Å²) in [5.41, 5.74) is 2.31. The summed E-state index contributed by atoms with van der Waals surface area (Å²) < 4.78 is 11.7. The molecule has 11 nitrogen and oxygen atoms in total. The van der Waals surface area contributed by atoms with Crippen molar-refractivity contribution in [3.63, 3.8) is 0 Å². The molecule has 0 radical (unpaired) electrons. The Hall–Kier alpha value is -3.31. The van der Waals surface area contributed by atoms with Crippen molar-refractivity contribution in [1.29, 1.82) is 0 Å². The number of rotatable bonds is 7. The average molecular weight is 417 g/mol. The average Bonchev–Trinajstić information content (AvgIpc) is 3.26. The van der Waals surface area contributed by atoms with Crippen LogP contribution in [0.25, 0.3) is 22.6 Å². The molecule has 0 amide bonds. The number of pyridine rings is 1. The minimum absolute atomic E-state index is 0.00380. The lowest BCUT2D eigenvalue weighted by molar-refractivity contribution is 0.137. The van der Waals surface area contributed by atoms with Gasteiger partial charge < -0.3 is 10.1 Å². The molecule has 12 heteroatoms. The summed E-state index contributed by atoms with van der Waals surface area (Å²) in [6, 6.07) is 3.76. The lowest BCUT2D eigenvalue weighted by atomic mass is 10.3. The predicted octanol–water partition coefficient (Wildman–Crippen LogP) is 2.31. The molecule has 0 bridgehead atoms. The molecule has 0 spiro atoms. The lowest BCUT2D eigenvalue weighted by Gasteiger charge is -2.09. The van der Waals surface area contributed by atoms with Crippen LogP contribution in [-0.4, -0.2) is 48.1 Å². The Labute approximate surface area is 169 Å². The number of nitrogens with zero attached hydrogens (tertiary/aromatic N) is 6. The van der Waals surface area contributed by atoms with Gasteiger partial charge in [-0.15, -0.1) is 0 Å². The zero-order chi connectivity index (χ0) is 20.4. The van der Waals surface area contributed by atoms with Crippen molar-refractivity contribution >= 4 is 34.3 Å². The van der Waals surface area contributed by atoms with Gasteiger partial charge in [-0.05, 0) is 43.1 Å². The van der Waals surface area contributed by atoms with Crippen molar-refractivity contribution in [2.75, 3.05) is 18.5 Å². The summed E-state index contributed by atoms with van der Waals surface area (Å²) in [6.07, 6.45) is 1.69. The van der Waals surface area contributed by atoms with Crippen LogP contribution in [-0.2, 0) is 11.3 Å². The van der Waals surface area contributed by atoms with Crippen LogP contribution in [0.5, 0.6) is 0 Å². The van der Waals surface area contributed by atoms with E-state index < -0.39 is 5.76 Å². The Morgan fingerprint density at radius 3 is 2.97 bits per heavy atom. The summed E-state index contributed by atoms with van der Waals surface area (Å²) in [7, 11) is 0. The normalized spacial score (nSPS) is 11.3. The molecule has 0 fully saturated rings. The van der Waals surface area contributed by atoms with Gasteiger partial charge in [0.15, 0.2) is 11.5 Å². The highest BCUT2D eigenvalue weighted by molar-refractivity contribution is 6.29. The number of anilines is 2. The van der Waals surface area contributed by atoms with E-state index in [1.807, 2.05) is 26.0 Å². The van der Waals surface area contributed by atoms with Gasteiger partial charge in [-0.2, -0.15) is 10.1 Å². The number of halogens is 1. The smallest absolute Gasteiger partial charge is 0.380 e. The molecule has 0 saturated carbocycles. The first-order chi connectivity index (χ1) is 14.0. The van der Waals surface area contributed by atoms with E-state index in [1.54, 1.807) is 10.9 Å². The van der Waals surface area contributed by atoms with E-state index in [0.717, 1.165) is 5.56 Å². The summed E-state index contributed by atoms with van der Waals surface area (Å²) in [5.74, 6) is 0.457. The van der Waals surface area contributed by atoms with E-state index >= 15 is 0 Å². The van der Waals surface area contributed by atoms with Crippen molar-refractivity contribution in [2.24, 2.45) is 0 Å². The molecule has 4 aromatic heterocycles. The maximum atomic E-state index is 11.4. The minimum Gasteiger partial charge on any atom is -0.380 e. The van der Waals surface area contributed by atoms with Crippen LogP contribution in [0.4, 0.5) is 11.6 Å². The fraction of sp³-hybridized carbons (Fsp3) is 0.294. The standard InChI is InChI=1S/C17H17ClN8O3/c1-3-28-7-6-26-13-11(12(24-26)14-23-17(27)29-25-14)21-16(18)22-15(13)20-10-8-9(2)4-5-19-10/h4-5,8H,3,6-7H2,1-2H3,(H,23,25,27)(H,19,20,21,22). The Morgan fingerprint density at radius 2 is 2.24 bits per heavy atom. The van der Waals surface area contributed by atoms with Crippen LogP contribution in [0.2, 0.25) is 5.28 Å². The van der Waals surface area contributed by atoms with Gasteiger partial charge in [0.25, 0.3) is 0 Å². The third-order valence-corrected chi connectivity index (χ3v) is 4.21. The van der Waals surface area contributed by atoms with Gasteiger partial charge in [0.05, 0.1) is 13.2 Å². The second-order valence-corrected chi connectivity index (χ2v) is 6.43. The van der Waals surface area contributed by atoms with Gasteiger partial charge in [-0.3, -0.25) is 14.2 Å². The molecular formula is C17H17ClN8O3. The van der Waals surface area contributed by atoms with E-state index in [4.69, 9.17) is 16.3 Å². The van der Waals surface area contributed by atoms with Crippen molar-refractivity contribution in [3.8, 4) is 11.5 Å². The molecule has 0 aliphatic rings. The highest BCUT2D eigenvalue weighted by Gasteiger charge is 2.22. The van der Waals surface area contributed by atoms with Gasteiger partial charge in [0.2, 0.25) is 11.1 Å². The molecule has 0 aromatic carbocycles. The second kappa shape index (κ2) is 7.97. The summed E-state index contributed by atoms with van der Waals surface area (Å²) >= 11 is 6.16. The topological polar surface area (TPSA) is 137 Å². The molecule has 0 atom stereocenters. The maximum Gasteiger partial charge on any atom is 0.439 e. The predicted molar refractivity (Wildman–Crippen MR) is 105 cm³/mol. The molecule has 150 valence electrons. The van der Waals surface area contributed by atoms with E-state index in [1.165, 1.54) is 0 Å². The molecule has 2 N–H and O–H groups in total. The van der Waals surface area contributed by atoms with Gasteiger partial charge in [0, 0.05) is 12.8 Å². The molecule has 4 heterocycles. The molecular weight excluding hydrogens is 400 g/mol. The zero-order valence-electron chi connectivity index (χ0n) is 15.6. The Balaban J connectivity index is 1.88. The maximum absolute atomic E-state index is 11.4. The number of aromatic amines is 1. The number of nitrogens with one attached hydrogen (secondary N) is 2. The van der Waals surface area contributed by atoms with E-state index in [9.17, 15) is 4.79 Å². The first kappa shape index (κ1) is 19.0. The molecule has 0 unspecified atom stereocenters. The van der Waals surface area contributed by atoms with Crippen molar-refractivity contribution < 1.29 is 9.26 Å². The van der Waals surface area contributed by atoms with Crippen LogP contribution < -0.4 is 11.1 Å². The first-order valence-electron chi connectivity index (χ1n) is 8.83. The Bertz CT molecular complexity index is 1220. The van der Waals surface area contributed by atoms with Crippen LogP contribution in [0.1, 0.15) is 12.5 Å². The fourth-order valence-electron chi connectivity index (χ4n) is 2.82. The van der Waals surface area contributed by atoms with Gasteiger partial charge in [-0.25, -0.2) is 14.8 Å². The quantitative estimate of drug-likeness (QED) is 0.343. The lowest BCUT2D eigenvalue weighted by Crippen LogP contribution is -2.09. The third-order valence-electron chi connectivity index (χ3n) is 4.04. The fourth-order valence-corrected chi connectivity index (χ4v) is 2.99. The van der Waals surface area contributed by atoms with Gasteiger partial charge >= 0.3 is 5.76 Å². The summed E-state index contributed by atoms with van der Waals surface area (Å²) in [5, 5.41) is 11.4. The minimum atomic E-state index is -0.695. The number of hydrogen-bond donors (Lipinski definition) is 2. The number of ether oxygens (including phenoxy) is 1. The molecule has 4 aromatic rings. The number of aromatic nitrogens is 7. The van der Waals surface area contributed by atoms with Crippen molar-refractivity contribution in [2.45, 2.75) is 20.4 Å². The number of fused-ring (bicyclic) bond motifs is 1. The summed E-state index contributed by atoms with van der Waals surface area (Å²) in [4.78, 5) is 26.8. The largest absolute Gasteiger partial charge is 0.439 e. The SMILES string of the molecule is CCOCCn1nc(-c2noc(=O)[nH]2)c2nc(Cl)nc(Nc3cc(C)ccn3)c21. The van der Waals surface area contributed by atoms with Crippen LogP contribution >= 0.6 is 11.6 Å². The molecule has 0 aliphatic heterocycles. The second-order valence-electron chi connectivity index (χ2n) is 6.09. The Kier molecular flexibility index (Phi) is 5.23. The van der Waals surface area contributed by atoms with E-state index in [-0.39, 0.29) is 11.1 Å². The number of H-pyrrole nitrogens is 1. The highest BCUT2D eigenvalue weighted by Crippen LogP contribution is 2.30. The third kappa shape index (κ3) is 3.96. The van der Waals surface area contributed by atoms with Crippen LogP contribution in [0, 0.1) is 6.92 Å². The molecule has 0 aliphatic carbocycles. The first-order valence-corrected chi connectivity index (χ1v) is 9.20. The van der Waals surface area contributed by atoms with Gasteiger partial charge in [-0.1, -0.05) is 5.16 Å². The van der Waals surface area contributed by atoms with Crippen molar-refractivity contribution in [3.05, 3.63) is 39.7 Å². The number of aryl methyl sites for hydroxylation is 1. The Morgan fingerprint density at radius 1 is 1.38 bits per heavy atom. The van der Waals surface area contributed by atoms with Crippen molar-refractivity contribution in [1.82, 2.24) is 34.9 Å². The van der Waals surface area contributed by atoms with Crippen LogP contribution in [0.15, 0.2) is 27.6 Å². The zero-order valence-corrected chi connectivity index (χ0v) is 16.4. The van der Waals surface area contributed by atoms with E-state index in [2.05, 4.69) is 40.0 Å². The molecule has 29 heavy (non-hydrogen) atoms. The van der Waals surface area contributed by atoms with Gasteiger partial charge in [0.1, 0.15) is 16.9 Å². The summed E-state index contributed by atoms with van der Waals surface area (Å²) in [6.45, 7) is 5.29. The number of hydrogen-bond acceptors (Lipinski definition) is 9. The monoisotopic (exact) mass is 416 g/mol. The highest BCUT2D eigenvalue weighted by atomic mass is 35.5. The van der Waals surface area contributed by atoms with E-state index in [0.29, 0.717) is 48.1 Å². The van der Waals surface area contributed by atoms with Crippen LogP contribution in [0.3, 0.4) is 0 Å². The molecule has 4 rings (SSSR count). The molecule has 0 saturated heterocycles.